The Morgan fingerprint density at radius 1 is 0.868 bits per heavy atom. The Hall–Kier alpha value is -2.82. The smallest absolute Gasteiger partial charge is 0.162 e. The Balaban J connectivity index is 0.00000195. The number of rotatable bonds is 11. The van der Waals surface area contributed by atoms with E-state index in [0.29, 0.717) is 12.3 Å². The molecule has 1 saturated heterocycles. The first kappa shape index (κ1) is 29.7. The van der Waals surface area contributed by atoms with Gasteiger partial charge in [-0.25, -0.2) is 4.39 Å². The fraction of sp³-hybridized carbons (Fsp3) is 0.441. The van der Waals surface area contributed by atoms with Crippen LogP contribution in [-0.2, 0) is 25.9 Å². The Morgan fingerprint density at radius 2 is 1.55 bits per heavy atom. The minimum atomic E-state index is -0.212. The molecule has 0 spiro atoms. The molecule has 1 aliphatic rings. The number of carbonyl (C=O) groups is 1. The van der Waals surface area contributed by atoms with Gasteiger partial charge in [0, 0.05) is 25.1 Å². The molecule has 4 rings (SSSR count). The van der Waals surface area contributed by atoms with Gasteiger partial charge in [0.1, 0.15) is 5.82 Å². The highest BCUT2D eigenvalue weighted by molar-refractivity contribution is 5.96. The van der Waals surface area contributed by atoms with Crippen LogP contribution in [0, 0.1) is 11.7 Å². The standard InChI is InChI=1S/C32H39FN2O.C2H6/c1-34-20-18-26(19-21-34)11-17-32(36)29-14-13-28(12-8-25-6-4-3-5-7-25)30(22-29)24-35(2)23-27-9-15-31(33)16-10-27;1-2/h3-7,9-10,13-16,22,26H,8,11-12,17-21,23-24H2,1-2H3;1-2H3. The third-order valence-corrected chi connectivity index (χ3v) is 7.48. The van der Waals surface area contributed by atoms with Gasteiger partial charge in [-0.05, 0) is 106 Å². The van der Waals surface area contributed by atoms with Gasteiger partial charge >= 0.3 is 0 Å². The molecule has 3 aromatic rings. The molecule has 0 aromatic heterocycles. The molecule has 1 heterocycles. The highest BCUT2D eigenvalue weighted by Gasteiger charge is 2.19. The van der Waals surface area contributed by atoms with E-state index in [1.165, 1.54) is 41.7 Å². The second-order valence-electron chi connectivity index (χ2n) is 10.5. The maximum atomic E-state index is 13.3. The minimum Gasteiger partial charge on any atom is -0.306 e. The summed E-state index contributed by atoms with van der Waals surface area (Å²) in [5.41, 5.74) is 5.73. The molecule has 0 aliphatic carbocycles. The number of hydrogen-bond donors (Lipinski definition) is 0. The molecule has 204 valence electrons. The number of halogens is 1. The summed E-state index contributed by atoms with van der Waals surface area (Å²) >= 11 is 0. The monoisotopic (exact) mass is 516 g/mol. The molecule has 0 saturated carbocycles. The van der Waals surface area contributed by atoms with Gasteiger partial charge in [0.05, 0.1) is 0 Å². The summed E-state index contributed by atoms with van der Waals surface area (Å²) in [6.07, 6.45) is 5.92. The summed E-state index contributed by atoms with van der Waals surface area (Å²) in [6.45, 7) is 7.75. The van der Waals surface area contributed by atoms with Crippen LogP contribution in [0.5, 0.6) is 0 Å². The van der Waals surface area contributed by atoms with Gasteiger partial charge in [0.2, 0.25) is 0 Å². The number of benzene rings is 3. The third-order valence-electron chi connectivity index (χ3n) is 7.48. The number of aryl methyl sites for hydroxylation is 2. The number of hydrogen-bond acceptors (Lipinski definition) is 3. The first-order valence-electron chi connectivity index (χ1n) is 14.3. The van der Waals surface area contributed by atoms with Crippen molar-refractivity contribution in [3.63, 3.8) is 0 Å². The Labute approximate surface area is 229 Å². The zero-order valence-corrected chi connectivity index (χ0v) is 23.8. The lowest BCUT2D eigenvalue weighted by molar-refractivity contribution is 0.0965. The molecule has 0 unspecified atom stereocenters. The molecule has 38 heavy (non-hydrogen) atoms. The number of Topliss-reactive ketones (excluding diaryl/α,β-unsaturated/α-hetero) is 1. The fourth-order valence-electron chi connectivity index (χ4n) is 5.19. The maximum Gasteiger partial charge on any atom is 0.162 e. The number of piperidine rings is 1. The minimum absolute atomic E-state index is 0.212. The van der Waals surface area contributed by atoms with Gasteiger partial charge in [-0.1, -0.05) is 68.4 Å². The van der Waals surface area contributed by atoms with Gasteiger partial charge < -0.3 is 4.90 Å². The molecule has 3 aromatic carbocycles. The summed E-state index contributed by atoms with van der Waals surface area (Å²) in [5, 5.41) is 0. The van der Waals surface area contributed by atoms with Gasteiger partial charge in [-0.15, -0.1) is 0 Å². The Morgan fingerprint density at radius 3 is 2.24 bits per heavy atom. The number of nitrogens with zero attached hydrogens (tertiary/aromatic N) is 2. The van der Waals surface area contributed by atoms with Crippen molar-refractivity contribution >= 4 is 5.78 Å². The molecule has 1 aliphatic heterocycles. The van der Waals surface area contributed by atoms with E-state index in [0.717, 1.165) is 56.6 Å². The third kappa shape index (κ3) is 9.49. The zero-order chi connectivity index (χ0) is 27.3. The highest BCUT2D eigenvalue weighted by atomic mass is 19.1. The first-order chi connectivity index (χ1) is 18.5. The summed E-state index contributed by atoms with van der Waals surface area (Å²) in [6, 6.07) is 23.6. The largest absolute Gasteiger partial charge is 0.306 e. The van der Waals surface area contributed by atoms with E-state index >= 15 is 0 Å². The Kier molecular flexibility index (Phi) is 12.2. The molecular formula is C34H45FN2O. The average molecular weight is 517 g/mol. The molecule has 0 N–H and O–H groups in total. The predicted molar refractivity (Wildman–Crippen MR) is 157 cm³/mol. The van der Waals surface area contributed by atoms with E-state index in [2.05, 4.69) is 60.3 Å². The predicted octanol–water partition coefficient (Wildman–Crippen LogP) is 7.57. The fourth-order valence-corrected chi connectivity index (χ4v) is 5.19. The van der Waals surface area contributed by atoms with Crippen molar-refractivity contribution < 1.29 is 9.18 Å². The van der Waals surface area contributed by atoms with E-state index in [-0.39, 0.29) is 11.6 Å². The SMILES string of the molecule is CC.CN1CCC(CCC(=O)c2ccc(CCc3ccccc3)c(CN(C)Cc3ccc(F)cc3)c2)CC1. The van der Waals surface area contributed by atoms with Crippen molar-refractivity contribution in [3.8, 4) is 0 Å². The second-order valence-corrected chi connectivity index (χ2v) is 10.5. The average Bonchev–Trinajstić information content (AvgIpc) is 2.94. The van der Waals surface area contributed by atoms with Crippen LogP contribution in [0.2, 0.25) is 0 Å². The molecule has 0 amide bonds. The maximum absolute atomic E-state index is 13.3. The van der Waals surface area contributed by atoms with Crippen LogP contribution >= 0.6 is 0 Å². The van der Waals surface area contributed by atoms with E-state index < -0.39 is 0 Å². The summed E-state index contributed by atoms with van der Waals surface area (Å²) < 4.78 is 13.3. The second kappa shape index (κ2) is 15.6. The van der Waals surface area contributed by atoms with Crippen molar-refractivity contribution in [2.45, 2.75) is 65.5 Å². The van der Waals surface area contributed by atoms with Crippen molar-refractivity contribution in [1.82, 2.24) is 9.80 Å². The van der Waals surface area contributed by atoms with Crippen LogP contribution in [0.15, 0.2) is 72.8 Å². The number of likely N-dealkylation sites (tertiary alicyclic amines) is 1. The van der Waals surface area contributed by atoms with Crippen molar-refractivity contribution in [1.29, 1.82) is 0 Å². The lowest BCUT2D eigenvalue weighted by Gasteiger charge is -2.28. The van der Waals surface area contributed by atoms with Crippen molar-refractivity contribution in [2.24, 2.45) is 5.92 Å². The van der Waals surface area contributed by atoms with Crippen molar-refractivity contribution in [3.05, 3.63) is 106 Å². The lowest BCUT2D eigenvalue weighted by atomic mass is 9.89. The quantitative estimate of drug-likeness (QED) is 0.246. The lowest BCUT2D eigenvalue weighted by Crippen LogP contribution is -2.30. The number of carbonyl (C=O) groups excluding carboxylic acids is 1. The molecular weight excluding hydrogens is 471 g/mol. The molecule has 0 bridgehead atoms. The molecule has 0 atom stereocenters. The highest BCUT2D eigenvalue weighted by Crippen LogP contribution is 2.24. The molecule has 3 nitrogen and oxygen atoms in total. The van der Waals surface area contributed by atoms with E-state index in [9.17, 15) is 9.18 Å². The topological polar surface area (TPSA) is 23.6 Å². The molecule has 1 fully saturated rings. The van der Waals surface area contributed by atoms with E-state index in [1.807, 2.05) is 38.1 Å². The van der Waals surface area contributed by atoms with Gasteiger partial charge in [0.25, 0.3) is 0 Å². The van der Waals surface area contributed by atoms with Gasteiger partial charge in [-0.3, -0.25) is 9.69 Å². The zero-order valence-electron chi connectivity index (χ0n) is 23.8. The van der Waals surface area contributed by atoms with Crippen LogP contribution in [-0.4, -0.2) is 42.8 Å². The first-order valence-corrected chi connectivity index (χ1v) is 14.3. The van der Waals surface area contributed by atoms with Crippen LogP contribution in [0.25, 0.3) is 0 Å². The van der Waals surface area contributed by atoms with E-state index in [1.54, 1.807) is 0 Å². The molecule has 4 heteroatoms. The van der Waals surface area contributed by atoms with Crippen molar-refractivity contribution in [2.75, 3.05) is 27.2 Å². The summed E-state index contributed by atoms with van der Waals surface area (Å²) in [4.78, 5) is 17.8. The Bertz CT molecular complexity index is 1110. The van der Waals surface area contributed by atoms with Gasteiger partial charge in [-0.2, -0.15) is 0 Å². The summed E-state index contributed by atoms with van der Waals surface area (Å²) in [5.74, 6) is 0.707. The molecule has 0 radical (unpaired) electrons. The summed E-state index contributed by atoms with van der Waals surface area (Å²) in [7, 11) is 4.26. The van der Waals surface area contributed by atoms with E-state index in [4.69, 9.17) is 0 Å². The van der Waals surface area contributed by atoms with Crippen LogP contribution < -0.4 is 0 Å². The normalized spacial score (nSPS) is 14.3. The van der Waals surface area contributed by atoms with Crippen LogP contribution in [0.4, 0.5) is 4.39 Å². The van der Waals surface area contributed by atoms with Crippen LogP contribution in [0.1, 0.15) is 72.1 Å². The van der Waals surface area contributed by atoms with Crippen LogP contribution in [0.3, 0.4) is 0 Å². The van der Waals surface area contributed by atoms with Gasteiger partial charge in [0.15, 0.2) is 5.78 Å². The number of ketones is 1.